The Bertz CT molecular complexity index is 272. The molecule has 0 fully saturated rings. The van der Waals surface area contributed by atoms with Crippen LogP contribution in [0, 0.1) is 0 Å². The zero-order valence-electron chi connectivity index (χ0n) is 8.32. The van der Waals surface area contributed by atoms with Gasteiger partial charge in [-0.05, 0) is 19.3 Å². The molecule has 0 aromatic carbocycles. The monoisotopic (exact) mass is 194 g/mol. The number of isocyanates is 2. The first-order valence-corrected chi connectivity index (χ1v) is 4.65. The van der Waals surface area contributed by atoms with E-state index in [4.69, 9.17) is 0 Å². The molecule has 0 bridgehead atoms. The smallest absolute Gasteiger partial charge is 0.211 e. The summed E-state index contributed by atoms with van der Waals surface area (Å²) in [4.78, 5) is 26.8. The van der Waals surface area contributed by atoms with Crippen LogP contribution >= 0.6 is 0 Å². The van der Waals surface area contributed by atoms with E-state index in [0.717, 1.165) is 18.5 Å². The number of allylic oxidation sites excluding steroid dienone is 2. The molecule has 0 aliphatic carbocycles. The summed E-state index contributed by atoms with van der Waals surface area (Å²) in [6, 6.07) is 0. The summed E-state index contributed by atoms with van der Waals surface area (Å²) in [6.45, 7) is 2.48. The van der Waals surface area contributed by atoms with Crippen LogP contribution in [0.5, 0.6) is 0 Å². The van der Waals surface area contributed by atoms with Crippen LogP contribution in [0.3, 0.4) is 0 Å². The molecule has 0 radical (unpaired) electrons. The lowest BCUT2D eigenvalue weighted by atomic mass is 10.2. The van der Waals surface area contributed by atoms with Crippen molar-refractivity contribution in [3.8, 4) is 0 Å². The molecule has 0 aromatic rings. The van der Waals surface area contributed by atoms with Crippen molar-refractivity contribution in [1.82, 2.24) is 0 Å². The topological polar surface area (TPSA) is 58.9 Å². The number of rotatable bonds is 7. The molecular weight excluding hydrogens is 180 g/mol. The Morgan fingerprint density at radius 3 is 2.71 bits per heavy atom. The Hall–Kier alpha value is -1.50. The maximum absolute atomic E-state index is 10.0. The molecule has 0 unspecified atom stereocenters. The van der Waals surface area contributed by atoms with Gasteiger partial charge >= 0.3 is 0 Å². The molecule has 0 spiro atoms. The molecule has 0 saturated heterocycles. The van der Waals surface area contributed by atoms with Crippen molar-refractivity contribution in [1.29, 1.82) is 0 Å². The highest BCUT2D eigenvalue weighted by Crippen LogP contribution is 2.08. The second-order valence-corrected chi connectivity index (χ2v) is 2.76. The lowest BCUT2D eigenvalue weighted by molar-refractivity contribution is 0.561. The van der Waals surface area contributed by atoms with Crippen molar-refractivity contribution in [3.05, 3.63) is 11.8 Å². The maximum Gasteiger partial charge on any atom is 0.240 e. The predicted octanol–water partition coefficient (Wildman–Crippen LogP) is 2.12. The van der Waals surface area contributed by atoms with E-state index in [9.17, 15) is 9.59 Å². The Morgan fingerprint density at radius 2 is 2.14 bits per heavy atom. The van der Waals surface area contributed by atoms with Crippen LogP contribution in [0.2, 0.25) is 0 Å². The van der Waals surface area contributed by atoms with Gasteiger partial charge in [0, 0.05) is 5.70 Å². The van der Waals surface area contributed by atoms with E-state index >= 15 is 0 Å². The molecule has 0 N–H and O–H groups in total. The molecule has 0 saturated carbocycles. The summed E-state index contributed by atoms with van der Waals surface area (Å²) in [5.41, 5.74) is 0.725. The fraction of sp³-hybridized carbons (Fsp3) is 0.600. The van der Waals surface area contributed by atoms with Gasteiger partial charge in [-0.15, -0.1) is 0 Å². The second kappa shape index (κ2) is 9.59. The maximum atomic E-state index is 10.0. The van der Waals surface area contributed by atoms with Gasteiger partial charge in [-0.3, -0.25) is 0 Å². The van der Waals surface area contributed by atoms with Crippen LogP contribution < -0.4 is 0 Å². The highest BCUT2D eigenvalue weighted by atomic mass is 16.1. The molecule has 0 aliphatic rings. The summed E-state index contributed by atoms with van der Waals surface area (Å²) >= 11 is 0. The third-order valence-corrected chi connectivity index (χ3v) is 1.63. The van der Waals surface area contributed by atoms with E-state index in [0.29, 0.717) is 19.4 Å². The third-order valence-electron chi connectivity index (χ3n) is 1.63. The Labute approximate surface area is 83.4 Å². The van der Waals surface area contributed by atoms with Gasteiger partial charge in [-0.1, -0.05) is 19.4 Å². The molecule has 14 heavy (non-hydrogen) atoms. The highest BCUT2D eigenvalue weighted by Gasteiger charge is 1.94. The molecule has 76 valence electrons. The molecule has 0 heterocycles. The number of hydrogen-bond acceptors (Lipinski definition) is 4. The highest BCUT2D eigenvalue weighted by molar-refractivity contribution is 5.37. The van der Waals surface area contributed by atoms with Crippen LogP contribution in [0.4, 0.5) is 0 Å². The lowest BCUT2D eigenvalue weighted by Crippen LogP contribution is -1.85. The molecule has 4 heteroatoms. The number of hydrogen-bond donors (Lipinski definition) is 0. The lowest BCUT2D eigenvalue weighted by Gasteiger charge is -1.96. The van der Waals surface area contributed by atoms with Crippen molar-refractivity contribution in [2.45, 2.75) is 32.6 Å². The average Bonchev–Trinajstić information content (AvgIpc) is 2.20. The van der Waals surface area contributed by atoms with E-state index in [1.807, 2.05) is 6.08 Å². The Morgan fingerprint density at radius 1 is 1.36 bits per heavy atom. The summed E-state index contributed by atoms with van der Waals surface area (Å²) < 4.78 is 0. The van der Waals surface area contributed by atoms with Crippen LogP contribution in [0.25, 0.3) is 0 Å². The largest absolute Gasteiger partial charge is 0.240 e. The number of carbonyl (C=O) groups excluding carboxylic acids is 2. The van der Waals surface area contributed by atoms with Gasteiger partial charge in [0.2, 0.25) is 12.2 Å². The average molecular weight is 194 g/mol. The van der Waals surface area contributed by atoms with Crippen molar-refractivity contribution >= 4 is 12.2 Å². The van der Waals surface area contributed by atoms with Crippen LogP contribution in [-0.4, -0.2) is 18.7 Å². The van der Waals surface area contributed by atoms with Crippen molar-refractivity contribution in [2.24, 2.45) is 9.98 Å². The summed E-state index contributed by atoms with van der Waals surface area (Å²) in [5, 5.41) is 0. The summed E-state index contributed by atoms with van der Waals surface area (Å²) in [5.74, 6) is 0. The molecule has 0 atom stereocenters. The standard InChI is InChI=1S/C10H14N2O2/c1-2-3-5-10(12-9-14)6-4-7-11-8-13/h5H,2-4,6-7H2,1H3. The Kier molecular flexibility index (Phi) is 8.56. The van der Waals surface area contributed by atoms with Crippen LogP contribution in [0.1, 0.15) is 32.6 Å². The minimum absolute atomic E-state index is 0.432. The zero-order valence-corrected chi connectivity index (χ0v) is 8.32. The van der Waals surface area contributed by atoms with Gasteiger partial charge in [0.15, 0.2) is 0 Å². The molecule has 0 aliphatic heterocycles. The van der Waals surface area contributed by atoms with Crippen LogP contribution in [0.15, 0.2) is 21.8 Å². The second-order valence-electron chi connectivity index (χ2n) is 2.76. The fourth-order valence-electron chi connectivity index (χ4n) is 0.958. The molecular formula is C10H14N2O2. The van der Waals surface area contributed by atoms with E-state index in [1.165, 1.54) is 12.2 Å². The minimum Gasteiger partial charge on any atom is -0.211 e. The van der Waals surface area contributed by atoms with Gasteiger partial charge in [0.1, 0.15) is 0 Å². The van der Waals surface area contributed by atoms with Crippen molar-refractivity contribution in [2.75, 3.05) is 6.54 Å². The quantitative estimate of drug-likeness (QED) is 0.354. The number of nitrogens with zero attached hydrogens (tertiary/aromatic N) is 2. The summed E-state index contributed by atoms with van der Waals surface area (Å²) in [7, 11) is 0. The molecule has 0 rings (SSSR count). The van der Waals surface area contributed by atoms with E-state index < -0.39 is 0 Å². The third kappa shape index (κ3) is 7.17. The predicted molar refractivity (Wildman–Crippen MR) is 53.3 cm³/mol. The van der Waals surface area contributed by atoms with E-state index in [-0.39, 0.29) is 0 Å². The minimum atomic E-state index is 0.432. The molecule has 4 nitrogen and oxygen atoms in total. The van der Waals surface area contributed by atoms with Gasteiger partial charge in [-0.25, -0.2) is 14.6 Å². The van der Waals surface area contributed by atoms with Gasteiger partial charge < -0.3 is 0 Å². The van der Waals surface area contributed by atoms with E-state index in [1.54, 1.807) is 0 Å². The van der Waals surface area contributed by atoms with Crippen LogP contribution in [-0.2, 0) is 9.59 Å². The zero-order chi connectivity index (χ0) is 10.6. The Balaban J connectivity index is 3.96. The van der Waals surface area contributed by atoms with Gasteiger partial charge in [0.25, 0.3) is 0 Å². The van der Waals surface area contributed by atoms with Gasteiger partial charge in [0.05, 0.1) is 6.54 Å². The SMILES string of the molecule is CCCC=C(CCCN=C=O)N=C=O. The normalized spacial score (nSPS) is 10.2. The number of aliphatic imine (C=N–C) groups is 2. The first kappa shape index (κ1) is 12.5. The first-order chi connectivity index (χ1) is 6.85. The van der Waals surface area contributed by atoms with Crippen molar-refractivity contribution < 1.29 is 9.59 Å². The first-order valence-electron chi connectivity index (χ1n) is 4.65. The number of unbranched alkanes of at least 4 members (excludes halogenated alkanes) is 1. The van der Waals surface area contributed by atoms with E-state index in [2.05, 4.69) is 16.9 Å². The molecule has 0 amide bonds. The molecule has 0 aromatic heterocycles. The fourth-order valence-corrected chi connectivity index (χ4v) is 0.958. The van der Waals surface area contributed by atoms with Crippen molar-refractivity contribution in [3.63, 3.8) is 0 Å². The summed E-state index contributed by atoms with van der Waals surface area (Å²) in [6.07, 6.45) is 8.17. The van der Waals surface area contributed by atoms with Gasteiger partial charge in [-0.2, -0.15) is 4.99 Å².